The number of nitrogens with zero attached hydrogens (tertiary/aromatic N) is 1. The van der Waals surface area contributed by atoms with Gasteiger partial charge >= 0.3 is 0 Å². The molecular weight excluding hydrogens is 242 g/mol. The van der Waals surface area contributed by atoms with Crippen LogP contribution in [0.5, 0.6) is 0 Å². The molecule has 1 aromatic carbocycles. The van der Waals surface area contributed by atoms with Crippen LogP contribution in [0.3, 0.4) is 0 Å². The monoisotopic (exact) mass is 275 g/mol. The number of rotatable bonds is 5. The van der Waals surface area contributed by atoms with Gasteiger partial charge in [-0.25, -0.2) is 0 Å². The van der Waals surface area contributed by atoms with Crippen LogP contribution >= 0.6 is 0 Å². The van der Waals surface area contributed by atoms with Crippen LogP contribution in [0.15, 0.2) is 24.3 Å². The molecule has 0 atom stereocenters. The highest BCUT2D eigenvalue weighted by atomic mass is 15.1. The average Bonchev–Trinajstić information content (AvgIpc) is 2.55. The van der Waals surface area contributed by atoms with Crippen molar-refractivity contribution in [2.45, 2.75) is 65.7 Å². The molecule has 0 radical (unpaired) electrons. The molecule has 1 heteroatoms. The normalized spacial score (nSPS) is 16.6. The number of unbranched alkanes of at least 4 members (excludes halogenated alkanes) is 1. The van der Waals surface area contributed by atoms with Gasteiger partial charge in [-0.3, -0.25) is 0 Å². The first kappa shape index (κ1) is 17.2. The van der Waals surface area contributed by atoms with Gasteiger partial charge in [-0.15, -0.1) is 0 Å². The third kappa shape index (κ3) is 4.94. The summed E-state index contributed by atoms with van der Waals surface area (Å²) in [4.78, 5) is 2.65. The van der Waals surface area contributed by atoms with Crippen molar-refractivity contribution in [2.24, 2.45) is 0 Å². The van der Waals surface area contributed by atoms with Gasteiger partial charge in [0, 0.05) is 0 Å². The van der Waals surface area contributed by atoms with Gasteiger partial charge in [-0.2, -0.15) is 0 Å². The Kier molecular flexibility index (Phi) is 8.60. The molecule has 114 valence electrons. The second kappa shape index (κ2) is 9.99. The van der Waals surface area contributed by atoms with Crippen LogP contribution < -0.4 is 0 Å². The Balaban J connectivity index is 0.000000956. The molecule has 0 spiro atoms. The van der Waals surface area contributed by atoms with Crippen LogP contribution in [0.2, 0.25) is 0 Å². The molecule has 1 saturated heterocycles. The fraction of sp³-hybridized carbons (Fsp3) is 0.684. The van der Waals surface area contributed by atoms with Crippen molar-refractivity contribution in [3.8, 4) is 0 Å². The van der Waals surface area contributed by atoms with Crippen molar-refractivity contribution in [1.29, 1.82) is 0 Å². The standard InChI is InChI=1S/C17H27N.C2H6/c1-3-5-12-18-13-10-16(11-14-18)17-9-7-6-8-15(17)4-2;1-2/h6-9,16H,3-5,10-14H2,1-2H3;1-2H3. The van der Waals surface area contributed by atoms with Crippen LogP contribution in [0.4, 0.5) is 0 Å². The van der Waals surface area contributed by atoms with E-state index in [1.54, 1.807) is 11.1 Å². The molecular formula is C19H33N. The van der Waals surface area contributed by atoms with Gasteiger partial charge in [0.15, 0.2) is 0 Å². The van der Waals surface area contributed by atoms with Gasteiger partial charge in [0.2, 0.25) is 0 Å². The predicted molar refractivity (Wildman–Crippen MR) is 90.5 cm³/mol. The van der Waals surface area contributed by atoms with Gasteiger partial charge in [0.05, 0.1) is 0 Å². The number of hydrogen-bond acceptors (Lipinski definition) is 1. The van der Waals surface area contributed by atoms with Crippen molar-refractivity contribution in [3.05, 3.63) is 35.4 Å². The maximum atomic E-state index is 2.65. The van der Waals surface area contributed by atoms with E-state index in [0.29, 0.717) is 0 Å². The maximum Gasteiger partial charge on any atom is -0.00129 e. The average molecular weight is 275 g/mol. The van der Waals surface area contributed by atoms with Crippen LogP contribution in [-0.2, 0) is 6.42 Å². The van der Waals surface area contributed by atoms with E-state index in [-0.39, 0.29) is 0 Å². The van der Waals surface area contributed by atoms with Crippen LogP contribution in [0.1, 0.15) is 70.4 Å². The number of likely N-dealkylation sites (tertiary alicyclic amines) is 1. The Morgan fingerprint density at radius 3 is 2.30 bits per heavy atom. The number of aryl methyl sites for hydroxylation is 1. The molecule has 1 heterocycles. The molecule has 0 unspecified atom stereocenters. The highest BCUT2D eigenvalue weighted by Gasteiger charge is 2.21. The Bertz CT molecular complexity index is 351. The summed E-state index contributed by atoms with van der Waals surface area (Å²) in [6, 6.07) is 9.04. The number of piperidine rings is 1. The first-order valence-corrected chi connectivity index (χ1v) is 8.65. The topological polar surface area (TPSA) is 3.24 Å². The molecule has 0 saturated carbocycles. The lowest BCUT2D eigenvalue weighted by Gasteiger charge is -2.33. The quantitative estimate of drug-likeness (QED) is 0.709. The van der Waals surface area contributed by atoms with Gasteiger partial charge < -0.3 is 4.90 Å². The molecule has 1 aliphatic rings. The van der Waals surface area contributed by atoms with E-state index >= 15 is 0 Å². The predicted octanol–water partition coefficient (Wildman–Crippen LogP) is 5.25. The zero-order valence-electron chi connectivity index (χ0n) is 14.0. The Morgan fingerprint density at radius 2 is 1.70 bits per heavy atom. The maximum absolute atomic E-state index is 2.65. The highest BCUT2D eigenvalue weighted by Crippen LogP contribution is 2.30. The Hall–Kier alpha value is -0.820. The minimum atomic E-state index is 0.805. The number of hydrogen-bond donors (Lipinski definition) is 0. The first-order valence-electron chi connectivity index (χ1n) is 8.65. The fourth-order valence-corrected chi connectivity index (χ4v) is 3.10. The summed E-state index contributed by atoms with van der Waals surface area (Å²) in [5.41, 5.74) is 3.18. The first-order chi connectivity index (χ1) is 9.85. The molecule has 20 heavy (non-hydrogen) atoms. The molecule has 0 amide bonds. The molecule has 2 rings (SSSR count). The summed E-state index contributed by atoms with van der Waals surface area (Å²) >= 11 is 0. The lowest BCUT2D eigenvalue weighted by Crippen LogP contribution is -2.33. The summed E-state index contributed by atoms with van der Waals surface area (Å²) in [5, 5.41) is 0. The summed E-state index contributed by atoms with van der Waals surface area (Å²) in [7, 11) is 0. The van der Waals surface area contributed by atoms with E-state index in [9.17, 15) is 0 Å². The molecule has 1 nitrogen and oxygen atoms in total. The van der Waals surface area contributed by atoms with E-state index < -0.39 is 0 Å². The van der Waals surface area contributed by atoms with E-state index in [1.807, 2.05) is 13.8 Å². The van der Waals surface area contributed by atoms with Gasteiger partial charge in [-0.05, 0) is 62.4 Å². The molecule has 0 aromatic heterocycles. The van der Waals surface area contributed by atoms with Gasteiger partial charge in [0.1, 0.15) is 0 Å². The summed E-state index contributed by atoms with van der Waals surface area (Å²) in [6.45, 7) is 12.4. The van der Waals surface area contributed by atoms with Crippen molar-refractivity contribution in [1.82, 2.24) is 4.90 Å². The second-order valence-corrected chi connectivity index (χ2v) is 5.52. The van der Waals surface area contributed by atoms with Crippen molar-refractivity contribution in [2.75, 3.05) is 19.6 Å². The van der Waals surface area contributed by atoms with Gasteiger partial charge in [-0.1, -0.05) is 58.4 Å². The summed E-state index contributed by atoms with van der Waals surface area (Å²) in [5.74, 6) is 0.805. The Morgan fingerprint density at radius 1 is 1.05 bits per heavy atom. The SMILES string of the molecule is CC.CCCCN1CCC(c2ccccc2CC)CC1. The summed E-state index contributed by atoms with van der Waals surface area (Å²) < 4.78 is 0. The zero-order chi connectivity index (χ0) is 14.8. The van der Waals surface area contributed by atoms with Gasteiger partial charge in [0.25, 0.3) is 0 Å². The lowest BCUT2D eigenvalue weighted by atomic mass is 9.86. The number of benzene rings is 1. The van der Waals surface area contributed by atoms with Crippen LogP contribution in [-0.4, -0.2) is 24.5 Å². The van der Waals surface area contributed by atoms with Crippen LogP contribution in [0.25, 0.3) is 0 Å². The molecule has 1 fully saturated rings. The molecule has 0 bridgehead atoms. The zero-order valence-corrected chi connectivity index (χ0v) is 14.0. The molecule has 1 aromatic rings. The Labute approximate surface area is 126 Å². The fourth-order valence-electron chi connectivity index (χ4n) is 3.10. The summed E-state index contributed by atoms with van der Waals surface area (Å²) in [6.07, 6.45) is 6.54. The van der Waals surface area contributed by atoms with E-state index in [0.717, 1.165) is 5.92 Å². The van der Waals surface area contributed by atoms with Crippen LogP contribution in [0, 0.1) is 0 Å². The molecule has 0 aliphatic carbocycles. The van der Waals surface area contributed by atoms with E-state index in [4.69, 9.17) is 0 Å². The minimum Gasteiger partial charge on any atom is -0.303 e. The molecule has 1 aliphatic heterocycles. The van der Waals surface area contributed by atoms with Crippen molar-refractivity contribution in [3.63, 3.8) is 0 Å². The largest absolute Gasteiger partial charge is 0.303 e. The lowest BCUT2D eigenvalue weighted by molar-refractivity contribution is 0.209. The third-order valence-corrected chi connectivity index (χ3v) is 4.29. The van der Waals surface area contributed by atoms with E-state index in [2.05, 4.69) is 43.0 Å². The highest BCUT2D eigenvalue weighted by molar-refractivity contribution is 5.30. The third-order valence-electron chi connectivity index (χ3n) is 4.29. The van der Waals surface area contributed by atoms with E-state index in [1.165, 1.54) is 51.7 Å². The minimum absolute atomic E-state index is 0.805. The second-order valence-electron chi connectivity index (χ2n) is 5.52. The molecule has 0 N–H and O–H groups in total. The smallest absolute Gasteiger partial charge is 0.00129 e. The van der Waals surface area contributed by atoms with Crippen molar-refractivity contribution >= 4 is 0 Å². The van der Waals surface area contributed by atoms with Crippen molar-refractivity contribution < 1.29 is 0 Å².